The first-order valence-electron chi connectivity index (χ1n) is 16.1. The lowest BCUT2D eigenvalue weighted by atomic mass is 9.53. The molecule has 0 amide bonds. The van der Waals surface area contributed by atoms with Crippen LogP contribution in [0.3, 0.4) is 0 Å². The van der Waals surface area contributed by atoms with Crippen molar-refractivity contribution in [3.63, 3.8) is 0 Å². The van der Waals surface area contributed by atoms with Crippen LogP contribution in [0.2, 0.25) is 0 Å². The average molecular weight is 543 g/mol. The minimum Gasteiger partial charge on any atom is -0.512 e. The van der Waals surface area contributed by atoms with Crippen molar-refractivity contribution in [3.05, 3.63) is 96.4 Å². The van der Waals surface area contributed by atoms with Crippen molar-refractivity contribution < 1.29 is 10.2 Å². The van der Waals surface area contributed by atoms with Crippen LogP contribution < -0.4 is 0 Å². The van der Waals surface area contributed by atoms with Crippen LogP contribution in [0.15, 0.2) is 96.4 Å². The number of unbranched alkanes of at least 4 members (excludes halogenated alkanes) is 1. The molecule has 4 aliphatic carbocycles. The number of hydrogen-bond acceptors (Lipinski definition) is 2. The molecule has 1 saturated carbocycles. The Morgan fingerprint density at radius 1 is 1.05 bits per heavy atom. The second-order valence-corrected chi connectivity index (χ2v) is 12.9. The van der Waals surface area contributed by atoms with E-state index in [1.165, 1.54) is 17.6 Å². The third-order valence-electron chi connectivity index (χ3n) is 10.6. The van der Waals surface area contributed by atoms with Crippen LogP contribution in [-0.2, 0) is 0 Å². The van der Waals surface area contributed by atoms with Gasteiger partial charge in [0.1, 0.15) is 0 Å². The predicted molar refractivity (Wildman–Crippen MR) is 171 cm³/mol. The molecular formula is C38H54O2. The van der Waals surface area contributed by atoms with Crippen molar-refractivity contribution in [2.45, 2.75) is 91.1 Å². The molecule has 0 aliphatic heterocycles. The van der Waals surface area contributed by atoms with Crippen molar-refractivity contribution in [2.24, 2.45) is 47.3 Å². The molecule has 2 heteroatoms. The Morgan fingerprint density at radius 3 is 2.58 bits per heavy atom. The van der Waals surface area contributed by atoms with Gasteiger partial charge >= 0.3 is 0 Å². The van der Waals surface area contributed by atoms with E-state index in [9.17, 15) is 10.2 Å². The largest absolute Gasteiger partial charge is 0.512 e. The molecule has 4 aliphatic rings. The van der Waals surface area contributed by atoms with Gasteiger partial charge in [-0.3, -0.25) is 0 Å². The number of aliphatic hydroxyl groups excluding tert-OH is 2. The molecule has 9 atom stereocenters. The SMILES string of the molecule is C=C/C=C(/O)C1CCC(O)C(C(C2=CC=C(C/C=C\CCC=C)CC2)C2C(C)CC=C3C(CC)CC=CC32)C1C. The van der Waals surface area contributed by atoms with Gasteiger partial charge < -0.3 is 10.2 Å². The van der Waals surface area contributed by atoms with Crippen molar-refractivity contribution in [1.82, 2.24) is 0 Å². The maximum absolute atomic E-state index is 11.7. The molecule has 2 nitrogen and oxygen atoms in total. The van der Waals surface area contributed by atoms with Gasteiger partial charge in [-0.25, -0.2) is 0 Å². The van der Waals surface area contributed by atoms with Gasteiger partial charge in [-0.1, -0.05) is 98.8 Å². The molecule has 0 radical (unpaired) electrons. The zero-order valence-electron chi connectivity index (χ0n) is 25.3. The lowest BCUT2D eigenvalue weighted by Crippen LogP contribution is -2.48. The van der Waals surface area contributed by atoms with Crippen LogP contribution in [0, 0.1) is 47.3 Å². The van der Waals surface area contributed by atoms with Gasteiger partial charge in [-0.2, -0.15) is 0 Å². The molecule has 0 heterocycles. The fourth-order valence-electron chi connectivity index (χ4n) is 8.49. The number of allylic oxidation sites excluding steroid dienone is 14. The normalized spacial score (nSPS) is 35.4. The van der Waals surface area contributed by atoms with Crippen LogP contribution in [0.25, 0.3) is 0 Å². The van der Waals surface area contributed by atoms with E-state index in [4.69, 9.17) is 0 Å². The highest BCUT2D eigenvalue weighted by atomic mass is 16.3. The summed E-state index contributed by atoms with van der Waals surface area (Å²) in [5, 5.41) is 22.7. The average Bonchev–Trinajstić information content (AvgIpc) is 2.96. The zero-order chi connectivity index (χ0) is 28.6. The van der Waals surface area contributed by atoms with Crippen molar-refractivity contribution in [3.8, 4) is 0 Å². The van der Waals surface area contributed by atoms with Gasteiger partial charge in [0.15, 0.2) is 0 Å². The Bertz CT molecular complexity index is 1070. The highest BCUT2D eigenvalue weighted by Crippen LogP contribution is 2.55. The third kappa shape index (κ3) is 6.76. The van der Waals surface area contributed by atoms with E-state index >= 15 is 0 Å². The molecule has 0 aromatic heterocycles. The first-order chi connectivity index (χ1) is 19.4. The summed E-state index contributed by atoms with van der Waals surface area (Å²) in [5.74, 6) is 3.24. The number of rotatable bonds is 11. The molecule has 0 aromatic rings. The maximum Gasteiger partial charge on any atom is 0.0956 e. The lowest BCUT2D eigenvalue weighted by Gasteiger charge is -2.52. The highest BCUT2D eigenvalue weighted by Gasteiger charge is 2.49. The van der Waals surface area contributed by atoms with E-state index < -0.39 is 0 Å². The summed E-state index contributed by atoms with van der Waals surface area (Å²) in [7, 11) is 0. The van der Waals surface area contributed by atoms with E-state index in [2.05, 4.69) is 76.5 Å². The summed E-state index contributed by atoms with van der Waals surface area (Å²) in [6.45, 7) is 14.7. The molecule has 4 rings (SSSR count). The molecular weight excluding hydrogens is 488 g/mol. The van der Waals surface area contributed by atoms with Crippen molar-refractivity contribution >= 4 is 0 Å². The first kappa shape index (κ1) is 30.6. The van der Waals surface area contributed by atoms with Gasteiger partial charge in [0.2, 0.25) is 0 Å². The monoisotopic (exact) mass is 542 g/mol. The second kappa shape index (κ2) is 14.5. The molecule has 2 N–H and O–H groups in total. The standard InChI is InChI=1S/C38H54O2/c1-6-9-10-11-12-15-28-19-21-30(22-20-28)38(37-27(5)31(24-25-35(37)40)34(39)14-7-2)36-26(4)18-23-32-29(8-3)16-13-17-33(32)36/h6-7,11-14,17,19,21,23,26-27,29,31,33,35-40H,1-2,8-10,15-16,18,20,22,24-25H2,3-5H3/b12-11-,34-14+. The number of aliphatic hydroxyl groups is 2. The molecule has 0 bridgehead atoms. The molecule has 40 heavy (non-hydrogen) atoms. The van der Waals surface area contributed by atoms with Crippen LogP contribution in [0.1, 0.15) is 85.0 Å². The summed E-state index contributed by atoms with van der Waals surface area (Å²) >= 11 is 0. The molecule has 0 saturated heterocycles. The topological polar surface area (TPSA) is 40.5 Å². The summed E-state index contributed by atoms with van der Waals surface area (Å²) in [6, 6.07) is 0. The Labute approximate surface area is 244 Å². The van der Waals surface area contributed by atoms with Crippen LogP contribution in [0.5, 0.6) is 0 Å². The number of hydrogen-bond donors (Lipinski definition) is 2. The molecule has 0 spiro atoms. The van der Waals surface area contributed by atoms with Crippen LogP contribution >= 0.6 is 0 Å². The molecule has 218 valence electrons. The van der Waals surface area contributed by atoms with E-state index in [0.29, 0.717) is 35.3 Å². The van der Waals surface area contributed by atoms with Gasteiger partial charge in [0.05, 0.1) is 11.9 Å². The van der Waals surface area contributed by atoms with E-state index in [0.717, 1.165) is 57.8 Å². The summed E-state index contributed by atoms with van der Waals surface area (Å²) < 4.78 is 0. The second-order valence-electron chi connectivity index (χ2n) is 12.9. The molecule has 9 unspecified atom stereocenters. The van der Waals surface area contributed by atoms with Gasteiger partial charge in [-0.15, -0.1) is 6.58 Å². The zero-order valence-corrected chi connectivity index (χ0v) is 25.3. The predicted octanol–water partition coefficient (Wildman–Crippen LogP) is 10.00. The minimum absolute atomic E-state index is 0.0732. The van der Waals surface area contributed by atoms with E-state index in [1.807, 2.05) is 6.08 Å². The Morgan fingerprint density at radius 2 is 1.88 bits per heavy atom. The van der Waals surface area contributed by atoms with Gasteiger partial charge in [-0.05, 0) is 106 Å². The van der Waals surface area contributed by atoms with E-state index in [1.54, 1.807) is 17.7 Å². The Hall–Kier alpha value is -2.32. The Kier molecular flexibility index (Phi) is 11.1. The fourth-order valence-corrected chi connectivity index (χ4v) is 8.49. The first-order valence-corrected chi connectivity index (χ1v) is 16.1. The third-order valence-corrected chi connectivity index (χ3v) is 10.6. The fraction of sp³-hybridized carbons (Fsp3) is 0.579. The molecule has 0 aromatic carbocycles. The van der Waals surface area contributed by atoms with Crippen molar-refractivity contribution in [1.29, 1.82) is 0 Å². The quantitative estimate of drug-likeness (QED) is 0.118. The van der Waals surface area contributed by atoms with Crippen LogP contribution in [-0.4, -0.2) is 16.3 Å². The van der Waals surface area contributed by atoms with Gasteiger partial charge in [0.25, 0.3) is 0 Å². The Balaban J connectivity index is 1.72. The summed E-state index contributed by atoms with van der Waals surface area (Å²) in [5.41, 5.74) is 4.67. The van der Waals surface area contributed by atoms with Crippen molar-refractivity contribution in [2.75, 3.05) is 0 Å². The number of fused-ring (bicyclic) bond motifs is 1. The minimum atomic E-state index is -0.344. The van der Waals surface area contributed by atoms with E-state index in [-0.39, 0.29) is 23.9 Å². The van der Waals surface area contributed by atoms with Crippen LogP contribution in [0.4, 0.5) is 0 Å². The van der Waals surface area contributed by atoms with Gasteiger partial charge in [0, 0.05) is 11.8 Å². The molecule has 1 fully saturated rings. The highest BCUT2D eigenvalue weighted by molar-refractivity contribution is 5.33. The maximum atomic E-state index is 11.7. The lowest BCUT2D eigenvalue weighted by molar-refractivity contribution is -0.0399. The smallest absolute Gasteiger partial charge is 0.0956 e. The summed E-state index contributed by atoms with van der Waals surface area (Å²) in [4.78, 5) is 0. The summed E-state index contributed by atoms with van der Waals surface area (Å²) in [6.07, 6.45) is 32.4.